The molecule has 9 heteroatoms. The molecule has 8 nitrogen and oxygen atoms in total. The van der Waals surface area contributed by atoms with Crippen LogP contribution in [0.5, 0.6) is 0 Å². The number of carbonyl (C=O) groups is 1. The summed E-state index contributed by atoms with van der Waals surface area (Å²) in [5.74, 6) is -0.805. The number of rotatable bonds is 7. The molecule has 0 aromatic heterocycles. The summed E-state index contributed by atoms with van der Waals surface area (Å²) in [4.78, 5) is 25.6. The number of nitro groups is 1. The third-order valence-electron chi connectivity index (χ3n) is 3.33. The lowest BCUT2D eigenvalue weighted by atomic mass is 9.84. The zero-order valence-corrected chi connectivity index (χ0v) is 16.7. The molecular formula is C17H23N3O5Si. The molecule has 0 aliphatic rings. The van der Waals surface area contributed by atoms with Crippen molar-refractivity contribution in [2.45, 2.75) is 40.5 Å². The highest BCUT2D eigenvalue weighted by molar-refractivity contribution is 6.48. The molecule has 140 valence electrons. The zero-order valence-electron chi connectivity index (χ0n) is 15.6. The second-order valence-corrected chi connectivity index (χ2v) is 9.28. The van der Waals surface area contributed by atoms with Gasteiger partial charge in [0.05, 0.1) is 16.8 Å². The van der Waals surface area contributed by atoms with Crippen molar-refractivity contribution in [2.24, 2.45) is 5.41 Å². The topological polar surface area (TPSA) is 115 Å². The number of carbonyl (C=O) groups excluding carboxylic acids is 1. The smallest absolute Gasteiger partial charge is 0.422 e. The van der Waals surface area contributed by atoms with Crippen molar-refractivity contribution in [1.82, 2.24) is 0 Å². The molecule has 0 radical (unpaired) electrons. The van der Waals surface area contributed by atoms with Crippen molar-refractivity contribution in [3.63, 3.8) is 0 Å². The van der Waals surface area contributed by atoms with E-state index in [4.69, 9.17) is 9.16 Å². The summed E-state index contributed by atoms with van der Waals surface area (Å²) >= 11 is 0. The Morgan fingerprint density at radius 3 is 2.31 bits per heavy atom. The van der Waals surface area contributed by atoms with E-state index in [0.29, 0.717) is 11.1 Å². The second-order valence-electron chi connectivity index (χ2n) is 6.91. The van der Waals surface area contributed by atoms with Gasteiger partial charge in [-0.2, -0.15) is 4.79 Å². The standard InChI is InChI=1S/C17H23N3O5Si/c1-17(2,3)14(11-25-26(4)5)15(19-18)16(21)24-10-12-6-8-13(9-7-12)20(22)23/h6-9,11,26H,10H2,1-5H3. The average molecular weight is 377 g/mol. The van der Waals surface area contributed by atoms with Crippen molar-refractivity contribution in [2.75, 3.05) is 0 Å². The molecule has 0 aliphatic carbocycles. The molecule has 0 saturated carbocycles. The number of hydrogen-bond donors (Lipinski definition) is 0. The van der Waals surface area contributed by atoms with Crippen molar-refractivity contribution < 1.29 is 23.7 Å². The van der Waals surface area contributed by atoms with Crippen LogP contribution in [0.3, 0.4) is 0 Å². The van der Waals surface area contributed by atoms with Gasteiger partial charge in [0.25, 0.3) is 5.69 Å². The van der Waals surface area contributed by atoms with Crippen LogP contribution >= 0.6 is 0 Å². The Bertz CT molecular complexity index is 745. The maximum absolute atomic E-state index is 12.3. The first-order valence-corrected chi connectivity index (χ1v) is 10.8. The molecule has 0 unspecified atom stereocenters. The molecule has 0 atom stereocenters. The fourth-order valence-corrected chi connectivity index (χ4v) is 2.34. The Balaban J connectivity index is 2.92. The molecule has 1 aromatic rings. The number of ether oxygens (including phenoxy) is 1. The van der Waals surface area contributed by atoms with Gasteiger partial charge >= 0.3 is 11.7 Å². The second kappa shape index (κ2) is 9.07. The number of hydrogen-bond acceptors (Lipinski definition) is 5. The molecular weight excluding hydrogens is 354 g/mol. The summed E-state index contributed by atoms with van der Waals surface area (Å²) < 4.78 is 10.8. The summed E-state index contributed by atoms with van der Waals surface area (Å²) in [5, 5.41) is 10.6. The van der Waals surface area contributed by atoms with Crippen LogP contribution in [0.2, 0.25) is 13.1 Å². The highest BCUT2D eigenvalue weighted by atomic mass is 28.3. The van der Waals surface area contributed by atoms with Crippen molar-refractivity contribution in [1.29, 1.82) is 0 Å². The normalized spacial score (nSPS) is 11.7. The molecule has 1 rings (SSSR count). The van der Waals surface area contributed by atoms with E-state index in [1.807, 2.05) is 33.9 Å². The average Bonchev–Trinajstić information content (AvgIpc) is 2.55. The predicted molar refractivity (Wildman–Crippen MR) is 99.0 cm³/mol. The van der Waals surface area contributed by atoms with E-state index in [0.717, 1.165) is 0 Å². The zero-order chi connectivity index (χ0) is 19.9. The summed E-state index contributed by atoms with van der Waals surface area (Å²) in [6.07, 6.45) is 1.46. The highest BCUT2D eigenvalue weighted by Crippen LogP contribution is 2.26. The maximum Gasteiger partial charge on any atom is 0.422 e. The van der Waals surface area contributed by atoms with Crippen LogP contribution in [0.4, 0.5) is 5.69 Å². The minimum Gasteiger partial charge on any atom is -0.552 e. The predicted octanol–water partition coefficient (Wildman–Crippen LogP) is 3.24. The fourth-order valence-electron chi connectivity index (χ4n) is 1.93. The molecule has 0 N–H and O–H groups in total. The van der Waals surface area contributed by atoms with Crippen LogP contribution in [0.25, 0.3) is 5.53 Å². The van der Waals surface area contributed by atoms with Gasteiger partial charge in [-0.25, -0.2) is 4.79 Å². The van der Waals surface area contributed by atoms with Crippen molar-refractivity contribution in [3.05, 3.63) is 57.3 Å². The van der Waals surface area contributed by atoms with E-state index in [9.17, 15) is 20.4 Å². The van der Waals surface area contributed by atoms with Gasteiger partial charge in [0.15, 0.2) is 0 Å². The van der Waals surface area contributed by atoms with Gasteiger partial charge in [0.2, 0.25) is 9.04 Å². The van der Waals surface area contributed by atoms with Gasteiger partial charge in [-0.3, -0.25) is 10.1 Å². The Morgan fingerprint density at radius 2 is 1.88 bits per heavy atom. The van der Waals surface area contributed by atoms with Crippen LogP contribution in [-0.2, 0) is 20.6 Å². The SMILES string of the molecule is C[SiH](C)OC=C(C(=[N+]=[N-])C(=O)OCc1ccc([N+](=O)[O-])cc1)C(C)(C)C. The quantitative estimate of drug-likeness (QED) is 0.106. The van der Waals surface area contributed by atoms with Gasteiger partial charge in [0, 0.05) is 12.1 Å². The Morgan fingerprint density at radius 1 is 1.31 bits per heavy atom. The number of nitro benzene ring substituents is 1. The van der Waals surface area contributed by atoms with Crippen LogP contribution in [-0.4, -0.2) is 30.4 Å². The van der Waals surface area contributed by atoms with Gasteiger partial charge in [-0.05, 0) is 36.2 Å². The lowest BCUT2D eigenvalue weighted by Crippen LogP contribution is -2.28. The Kier molecular flexibility index (Phi) is 7.42. The molecule has 0 spiro atoms. The minimum atomic E-state index is -1.38. The summed E-state index contributed by atoms with van der Waals surface area (Å²) in [7, 11) is -1.38. The summed E-state index contributed by atoms with van der Waals surface area (Å²) in [6, 6.07) is 5.64. The number of nitrogens with zero attached hydrogens (tertiary/aromatic N) is 3. The maximum atomic E-state index is 12.3. The Labute approximate surface area is 153 Å². The number of esters is 1. The third-order valence-corrected chi connectivity index (χ3v) is 4.01. The first-order valence-electron chi connectivity index (χ1n) is 8.05. The molecule has 0 heterocycles. The Hall–Kier alpha value is -2.77. The number of benzene rings is 1. The minimum absolute atomic E-state index is 0.0503. The molecule has 1 aromatic carbocycles. The van der Waals surface area contributed by atoms with Crippen LogP contribution in [0.1, 0.15) is 26.3 Å². The lowest BCUT2D eigenvalue weighted by molar-refractivity contribution is -0.384. The third kappa shape index (κ3) is 6.27. The molecule has 26 heavy (non-hydrogen) atoms. The number of non-ortho nitro benzene ring substituents is 1. The van der Waals surface area contributed by atoms with E-state index >= 15 is 0 Å². The van der Waals surface area contributed by atoms with E-state index < -0.39 is 25.3 Å². The highest BCUT2D eigenvalue weighted by Gasteiger charge is 2.35. The lowest BCUT2D eigenvalue weighted by Gasteiger charge is -2.19. The first-order chi connectivity index (χ1) is 12.1. The van der Waals surface area contributed by atoms with E-state index in [2.05, 4.69) is 4.79 Å². The van der Waals surface area contributed by atoms with Crippen LogP contribution in [0.15, 0.2) is 36.1 Å². The molecule has 0 aliphatic heterocycles. The van der Waals surface area contributed by atoms with E-state index in [1.165, 1.54) is 30.5 Å². The van der Waals surface area contributed by atoms with Crippen LogP contribution in [0, 0.1) is 15.5 Å². The van der Waals surface area contributed by atoms with Gasteiger partial charge in [-0.15, -0.1) is 0 Å². The van der Waals surface area contributed by atoms with E-state index in [1.54, 1.807) is 0 Å². The van der Waals surface area contributed by atoms with Gasteiger partial charge in [0.1, 0.15) is 6.61 Å². The fraction of sp³-hybridized carbons (Fsp3) is 0.412. The van der Waals surface area contributed by atoms with E-state index in [-0.39, 0.29) is 18.0 Å². The van der Waals surface area contributed by atoms with Crippen molar-refractivity contribution in [3.8, 4) is 0 Å². The molecule has 0 bridgehead atoms. The van der Waals surface area contributed by atoms with Crippen LogP contribution < -0.4 is 0 Å². The largest absolute Gasteiger partial charge is 0.552 e. The monoisotopic (exact) mass is 377 g/mol. The van der Waals surface area contributed by atoms with Crippen molar-refractivity contribution >= 4 is 26.4 Å². The summed E-state index contributed by atoms with van der Waals surface area (Å²) in [6.45, 7) is 9.42. The molecule has 0 fully saturated rings. The summed E-state index contributed by atoms with van der Waals surface area (Å²) in [5.41, 5.74) is 9.54. The molecule has 0 amide bonds. The van der Waals surface area contributed by atoms with Gasteiger partial charge < -0.3 is 14.7 Å². The first kappa shape index (κ1) is 21.3. The molecule has 0 saturated heterocycles. The van der Waals surface area contributed by atoms with Gasteiger partial charge in [-0.1, -0.05) is 20.8 Å².